The Balaban J connectivity index is 2.47. The fraction of sp³-hybridized carbons (Fsp3) is 0.231. The second-order valence-corrected chi connectivity index (χ2v) is 3.49. The second-order valence-electron chi connectivity index (χ2n) is 3.49. The smallest absolute Gasteiger partial charge is 0.337 e. The molecule has 0 amide bonds. The van der Waals surface area contributed by atoms with Gasteiger partial charge in [-0.15, -0.1) is 0 Å². The Hall–Kier alpha value is -2.30. The first-order chi connectivity index (χ1) is 8.54. The van der Waals surface area contributed by atoms with Gasteiger partial charge in [0.1, 0.15) is 5.75 Å². The molecule has 18 heavy (non-hydrogen) atoms. The lowest BCUT2D eigenvalue weighted by molar-refractivity contribution is -0.145. The van der Waals surface area contributed by atoms with Crippen molar-refractivity contribution in [2.45, 2.75) is 6.92 Å². The number of methoxy groups -OCH3 is 1. The lowest BCUT2D eigenvalue weighted by Crippen LogP contribution is -2.10. The van der Waals surface area contributed by atoms with Crippen LogP contribution in [0.25, 0.3) is 0 Å². The summed E-state index contributed by atoms with van der Waals surface area (Å²) in [5.41, 5.74) is 0.725. The molecule has 0 aliphatic carbocycles. The minimum Gasteiger partial charge on any atom is -0.465 e. The van der Waals surface area contributed by atoms with E-state index in [0.29, 0.717) is 16.9 Å². The molecule has 0 saturated carbocycles. The van der Waals surface area contributed by atoms with Crippen LogP contribution in [0.15, 0.2) is 36.4 Å². The largest absolute Gasteiger partial charge is 0.465 e. The Bertz CT molecular complexity index is 447. The molecule has 5 nitrogen and oxygen atoms in total. The number of hydrogen-bond acceptors (Lipinski definition) is 5. The highest BCUT2D eigenvalue weighted by Crippen LogP contribution is 2.12. The molecular weight excluding hydrogens is 236 g/mol. The van der Waals surface area contributed by atoms with Crippen molar-refractivity contribution in [3.63, 3.8) is 0 Å². The highest BCUT2D eigenvalue weighted by atomic mass is 16.7. The van der Waals surface area contributed by atoms with E-state index in [2.05, 4.69) is 11.3 Å². The van der Waals surface area contributed by atoms with Crippen LogP contribution in [0.5, 0.6) is 5.75 Å². The van der Waals surface area contributed by atoms with Crippen molar-refractivity contribution in [2.24, 2.45) is 0 Å². The summed E-state index contributed by atoms with van der Waals surface area (Å²) in [6, 6.07) is 6.28. The van der Waals surface area contributed by atoms with Crippen molar-refractivity contribution in [2.75, 3.05) is 13.9 Å². The van der Waals surface area contributed by atoms with Crippen LogP contribution in [0.4, 0.5) is 0 Å². The number of carbonyl (C=O) groups excluding carboxylic acids is 2. The van der Waals surface area contributed by atoms with Crippen molar-refractivity contribution >= 4 is 11.9 Å². The average Bonchev–Trinajstić information content (AvgIpc) is 2.38. The number of ether oxygens (including phenoxy) is 3. The van der Waals surface area contributed by atoms with E-state index >= 15 is 0 Å². The third-order valence-electron chi connectivity index (χ3n) is 2.04. The summed E-state index contributed by atoms with van der Waals surface area (Å²) in [7, 11) is 1.31. The van der Waals surface area contributed by atoms with E-state index in [4.69, 9.17) is 9.47 Å². The molecule has 1 aromatic carbocycles. The summed E-state index contributed by atoms with van der Waals surface area (Å²) >= 11 is 0. The highest BCUT2D eigenvalue weighted by molar-refractivity contribution is 5.89. The van der Waals surface area contributed by atoms with Gasteiger partial charge in [-0.25, -0.2) is 9.59 Å². The molecule has 0 N–H and O–H groups in total. The van der Waals surface area contributed by atoms with Gasteiger partial charge in [0.05, 0.1) is 12.7 Å². The Labute approximate surface area is 105 Å². The monoisotopic (exact) mass is 250 g/mol. The Morgan fingerprint density at radius 1 is 1.22 bits per heavy atom. The van der Waals surface area contributed by atoms with Crippen molar-refractivity contribution in [3.05, 3.63) is 42.0 Å². The number of carbonyl (C=O) groups is 2. The molecule has 1 rings (SSSR count). The van der Waals surface area contributed by atoms with Crippen LogP contribution in [0.3, 0.4) is 0 Å². The van der Waals surface area contributed by atoms with Crippen molar-refractivity contribution < 1.29 is 23.8 Å². The molecule has 0 bridgehead atoms. The van der Waals surface area contributed by atoms with Crippen LogP contribution in [-0.4, -0.2) is 25.8 Å². The minimum atomic E-state index is -0.513. The maximum Gasteiger partial charge on any atom is 0.337 e. The molecule has 0 spiro atoms. The first-order valence-electron chi connectivity index (χ1n) is 5.18. The predicted octanol–water partition coefficient (Wildman–Crippen LogP) is 1.93. The molecule has 0 aromatic heterocycles. The molecule has 0 fully saturated rings. The summed E-state index contributed by atoms with van der Waals surface area (Å²) in [6.45, 7) is 4.78. The fourth-order valence-electron chi connectivity index (χ4n) is 1.08. The van der Waals surface area contributed by atoms with E-state index in [0.717, 1.165) is 0 Å². The van der Waals surface area contributed by atoms with Gasteiger partial charge in [-0.2, -0.15) is 0 Å². The van der Waals surface area contributed by atoms with Gasteiger partial charge in [0.2, 0.25) is 6.79 Å². The quantitative estimate of drug-likeness (QED) is 0.454. The zero-order valence-electron chi connectivity index (χ0n) is 10.3. The lowest BCUT2D eigenvalue weighted by atomic mass is 10.2. The van der Waals surface area contributed by atoms with Crippen molar-refractivity contribution in [1.29, 1.82) is 0 Å². The topological polar surface area (TPSA) is 61.8 Å². The van der Waals surface area contributed by atoms with Crippen molar-refractivity contribution in [1.82, 2.24) is 0 Å². The molecule has 0 saturated heterocycles. The fourth-order valence-corrected chi connectivity index (χ4v) is 1.08. The standard InChI is InChI=1S/C13H14O5/c1-9(2)12(14)18-8-17-11-6-4-10(5-7-11)13(15)16-3/h4-7H,1,8H2,2-3H3. The normalized spacial score (nSPS) is 9.44. The van der Waals surface area contributed by atoms with Crippen molar-refractivity contribution in [3.8, 4) is 5.75 Å². The molecule has 0 atom stereocenters. The Morgan fingerprint density at radius 2 is 1.83 bits per heavy atom. The van der Waals surface area contributed by atoms with E-state index in [1.165, 1.54) is 7.11 Å². The van der Waals surface area contributed by atoms with Gasteiger partial charge < -0.3 is 14.2 Å². The van der Waals surface area contributed by atoms with Gasteiger partial charge in [-0.3, -0.25) is 0 Å². The van der Waals surface area contributed by atoms with Gasteiger partial charge in [-0.05, 0) is 31.2 Å². The zero-order chi connectivity index (χ0) is 13.5. The van der Waals surface area contributed by atoms with Gasteiger partial charge in [0.25, 0.3) is 0 Å². The Kier molecular flexibility index (Phi) is 4.92. The molecule has 0 unspecified atom stereocenters. The van der Waals surface area contributed by atoms with Crippen LogP contribution in [0.2, 0.25) is 0 Å². The molecule has 96 valence electrons. The summed E-state index contributed by atoms with van der Waals surface area (Å²) in [5.74, 6) is -0.450. The Morgan fingerprint density at radius 3 is 2.33 bits per heavy atom. The second kappa shape index (κ2) is 6.44. The highest BCUT2D eigenvalue weighted by Gasteiger charge is 2.05. The number of hydrogen-bond donors (Lipinski definition) is 0. The first kappa shape index (κ1) is 13.8. The van der Waals surface area contributed by atoms with E-state index < -0.39 is 11.9 Å². The number of esters is 2. The lowest BCUT2D eigenvalue weighted by Gasteiger charge is -2.07. The first-order valence-corrected chi connectivity index (χ1v) is 5.18. The van der Waals surface area contributed by atoms with Crippen LogP contribution < -0.4 is 4.74 Å². The van der Waals surface area contributed by atoms with Crippen LogP contribution in [0.1, 0.15) is 17.3 Å². The van der Waals surface area contributed by atoms with E-state index in [9.17, 15) is 9.59 Å². The molecule has 1 aromatic rings. The van der Waals surface area contributed by atoms with Gasteiger partial charge in [0.15, 0.2) is 0 Å². The van der Waals surface area contributed by atoms with E-state index in [-0.39, 0.29) is 6.79 Å². The maximum absolute atomic E-state index is 11.2. The SMILES string of the molecule is C=C(C)C(=O)OCOc1ccc(C(=O)OC)cc1. The molecule has 0 aliphatic rings. The van der Waals surface area contributed by atoms with Gasteiger partial charge in [0, 0.05) is 5.57 Å². The van der Waals surface area contributed by atoms with Gasteiger partial charge in [-0.1, -0.05) is 6.58 Å². The molecule has 0 aliphatic heterocycles. The third kappa shape index (κ3) is 3.93. The van der Waals surface area contributed by atoms with Crippen LogP contribution in [-0.2, 0) is 14.3 Å². The third-order valence-corrected chi connectivity index (χ3v) is 2.04. The van der Waals surface area contributed by atoms with Crippen LogP contribution >= 0.6 is 0 Å². The van der Waals surface area contributed by atoms with Crippen LogP contribution in [0, 0.1) is 0 Å². The van der Waals surface area contributed by atoms with E-state index in [1.807, 2.05) is 0 Å². The predicted molar refractivity (Wildman–Crippen MR) is 64.2 cm³/mol. The number of benzene rings is 1. The minimum absolute atomic E-state index is 0.205. The van der Waals surface area contributed by atoms with E-state index in [1.54, 1.807) is 31.2 Å². The molecular formula is C13H14O5. The average molecular weight is 250 g/mol. The maximum atomic E-state index is 11.2. The number of rotatable bonds is 5. The summed E-state index contributed by atoms with van der Waals surface area (Å²) in [6.07, 6.45) is 0. The summed E-state index contributed by atoms with van der Waals surface area (Å²) in [5, 5.41) is 0. The summed E-state index contributed by atoms with van der Waals surface area (Å²) < 4.78 is 14.5. The zero-order valence-corrected chi connectivity index (χ0v) is 10.3. The van der Waals surface area contributed by atoms with Gasteiger partial charge >= 0.3 is 11.9 Å². The molecule has 0 radical (unpaired) electrons. The molecule has 0 heterocycles. The molecule has 5 heteroatoms. The summed E-state index contributed by atoms with van der Waals surface area (Å²) in [4.78, 5) is 22.2.